The first-order valence-electron chi connectivity index (χ1n) is 16.9. The Kier molecular flexibility index (Phi) is 19.4. The molecule has 4 rings (SSSR count). The molecule has 2 N–H and O–H groups in total. The van der Waals surface area contributed by atoms with Crippen LogP contribution < -0.4 is 14.6 Å². The number of rotatable bonds is 18. The van der Waals surface area contributed by atoms with Gasteiger partial charge >= 0.3 is 37.7 Å². The maximum Gasteiger partial charge on any atom is 2.00 e. The molecule has 13 heteroatoms. The summed E-state index contributed by atoms with van der Waals surface area (Å²) >= 11 is 0. The molecule has 0 fully saturated rings. The number of phenolic OH excluding ortho intramolecular Hbond substituents is 1. The molecule has 4 aromatic carbocycles. The smallest absolute Gasteiger partial charge is 0.872 e. The maximum atomic E-state index is 12.0. The number of aromatic hydroxyl groups is 1. The summed E-state index contributed by atoms with van der Waals surface area (Å²) in [6, 6.07) is 22.6. The minimum absolute atomic E-state index is 0. The number of aryl methyl sites for hydroxylation is 2. The van der Waals surface area contributed by atoms with E-state index in [-0.39, 0.29) is 43.5 Å². The molecule has 4 aromatic rings. The van der Waals surface area contributed by atoms with Crippen molar-refractivity contribution in [2.75, 3.05) is 0 Å². The van der Waals surface area contributed by atoms with E-state index in [0.717, 1.165) is 63.9 Å². The average molecular weight is 767 g/mol. The summed E-state index contributed by atoms with van der Waals surface area (Å²) in [6.07, 6.45) is 12.0. The van der Waals surface area contributed by atoms with Crippen molar-refractivity contribution < 1.29 is 45.6 Å². The van der Waals surface area contributed by atoms with Crippen LogP contribution in [0.3, 0.4) is 0 Å². The number of benzene rings is 4. The molecule has 0 heterocycles. The fourth-order valence-corrected chi connectivity index (χ4v) is 6.36. The number of para-hydroxylation sites is 2. The minimum atomic E-state index is -4.84. The molecule has 0 amide bonds. The number of phenols is 1. The average Bonchev–Trinajstić information content (AvgIpc) is 3.07. The van der Waals surface area contributed by atoms with Gasteiger partial charge < -0.3 is 24.2 Å². The van der Waals surface area contributed by atoms with Gasteiger partial charge in [0.1, 0.15) is 43.8 Å². The minimum Gasteiger partial charge on any atom is -0.872 e. The van der Waals surface area contributed by atoms with E-state index in [1.165, 1.54) is 24.6 Å². The van der Waals surface area contributed by atoms with Crippen molar-refractivity contribution in [1.82, 2.24) is 0 Å². The summed E-state index contributed by atoms with van der Waals surface area (Å²) in [5.41, 5.74) is 1.34. The number of hydrogen-bond acceptors (Lipinski definition) is 9. The van der Waals surface area contributed by atoms with Crippen LogP contribution in [-0.4, -0.2) is 68.8 Å². The van der Waals surface area contributed by atoms with E-state index in [9.17, 15) is 36.2 Å². The molecule has 51 heavy (non-hydrogen) atoms. The van der Waals surface area contributed by atoms with Crippen LogP contribution in [0.2, 0.25) is 0 Å². The first-order valence-corrected chi connectivity index (χ1v) is 19.8. The molecular weight excluding hydrogens is 721 g/mol. The van der Waals surface area contributed by atoms with E-state index in [2.05, 4.69) is 13.8 Å². The first-order chi connectivity index (χ1) is 23.8. The molecule has 0 aliphatic rings. The zero-order valence-corrected chi connectivity index (χ0v) is 33.1. The van der Waals surface area contributed by atoms with E-state index in [4.69, 9.17) is 9.47 Å². The van der Waals surface area contributed by atoms with Gasteiger partial charge in [-0.15, -0.1) is 0 Å². The Balaban J connectivity index is 0.000000347. The molecule has 272 valence electrons. The second-order valence-electron chi connectivity index (χ2n) is 11.9. The fraction of sp³-hybridized carbons (Fsp3) is 0.368. The SMILES string of the molecule is CCCCCCCc1cc(O)c(S(=O)(=O)O)cc1Oc1ccccc1.CCCCCCCc1cc([O-])c(S(=O)(=O)[O-])cc1Oc1ccccc1.[Ca+2]. The van der Waals surface area contributed by atoms with Gasteiger partial charge in [-0.25, -0.2) is 8.42 Å². The summed E-state index contributed by atoms with van der Waals surface area (Å²) in [6.45, 7) is 4.29. The Morgan fingerprint density at radius 3 is 1.43 bits per heavy atom. The number of unbranched alkanes of at least 4 members (excludes halogenated alkanes) is 8. The number of hydrogen-bond donors (Lipinski definition) is 2. The monoisotopic (exact) mass is 766 g/mol. The normalized spacial score (nSPS) is 11.2. The van der Waals surface area contributed by atoms with Crippen LogP contribution in [0.5, 0.6) is 34.5 Å². The fourth-order valence-electron chi connectivity index (χ4n) is 5.23. The zero-order chi connectivity index (χ0) is 36.6. The summed E-state index contributed by atoms with van der Waals surface area (Å²) in [5, 5.41) is 22.0. The van der Waals surface area contributed by atoms with E-state index in [0.29, 0.717) is 41.2 Å². The summed E-state index contributed by atoms with van der Waals surface area (Å²) in [7, 11) is -9.37. The first kappa shape index (κ1) is 44.3. The Morgan fingerprint density at radius 1 is 0.608 bits per heavy atom. The van der Waals surface area contributed by atoms with Crippen molar-refractivity contribution in [2.45, 2.75) is 101 Å². The standard InChI is InChI=1S/2C19H24O5S.Ca/c2*1-2-3-4-5-7-10-15-13-17(20)19(25(21,22)23)14-18(15)24-16-11-8-6-9-12-16;/h2*6,8-9,11-14,20H,2-5,7,10H2,1H3,(H,21,22,23);/q;;+2/p-2. The summed E-state index contributed by atoms with van der Waals surface area (Å²) in [4.78, 5) is -1.32. The molecule has 0 saturated heterocycles. The molecule has 0 bridgehead atoms. The van der Waals surface area contributed by atoms with Crippen molar-refractivity contribution in [1.29, 1.82) is 0 Å². The molecule has 0 aliphatic heterocycles. The number of ether oxygens (including phenoxy) is 2. The summed E-state index contributed by atoms with van der Waals surface area (Å²) < 4.78 is 77.6. The maximum absolute atomic E-state index is 12.0. The van der Waals surface area contributed by atoms with E-state index >= 15 is 0 Å². The largest absolute Gasteiger partial charge is 2.00 e. The Bertz CT molecular complexity index is 1710. The van der Waals surface area contributed by atoms with Gasteiger partial charge in [-0.2, -0.15) is 8.42 Å². The zero-order valence-electron chi connectivity index (χ0n) is 29.3. The third-order valence-electron chi connectivity index (χ3n) is 7.86. The molecule has 0 aromatic heterocycles. The topological polar surface area (TPSA) is 173 Å². The molecule has 0 atom stereocenters. The second-order valence-corrected chi connectivity index (χ2v) is 14.7. The van der Waals surface area contributed by atoms with Crippen molar-refractivity contribution in [3.8, 4) is 34.5 Å². The third-order valence-corrected chi connectivity index (χ3v) is 9.60. The van der Waals surface area contributed by atoms with Gasteiger partial charge in [0.15, 0.2) is 0 Å². The molecule has 0 spiro atoms. The van der Waals surface area contributed by atoms with E-state index in [1.54, 1.807) is 36.4 Å². The van der Waals surface area contributed by atoms with Crippen molar-refractivity contribution in [3.05, 3.63) is 96.1 Å². The van der Waals surface area contributed by atoms with Crippen molar-refractivity contribution in [2.24, 2.45) is 0 Å². The van der Waals surface area contributed by atoms with Gasteiger partial charge in [-0.3, -0.25) is 4.55 Å². The molecule has 0 aliphatic carbocycles. The van der Waals surface area contributed by atoms with Crippen LogP contribution in [-0.2, 0) is 33.1 Å². The predicted molar refractivity (Wildman–Crippen MR) is 195 cm³/mol. The molecular formula is C38H46CaO10S2. The van der Waals surface area contributed by atoms with Crippen LogP contribution in [0.1, 0.15) is 89.2 Å². The molecule has 0 radical (unpaired) electrons. The Hall–Kier alpha value is -2.84. The third kappa shape index (κ3) is 15.3. The van der Waals surface area contributed by atoms with Gasteiger partial charge in [0.05, 0.1) is 4.90 Å². The van der Waals surface area contributed by atoms with Crippen molar-refractivity contribution in [3.63, 3.8) is 0 Å². The van der Waals surface area contributed by atoms with Gasteiger partial charge in [0.25, 0.3) is 10.1 Å². The van der Waals surface area contributed by atoms with E-state index in [1.807, 2.05) is 24.3 Å². The molecule has 0 saturated carbocycles. The quantitative estimate of drug-likeness (QED) is 0.0568. The van der Waals surface area contributed by atoms with Gasteiger partial charge in [0.2, 0.25) is 0 Å². The molecule has 0 unspecified atom stereocenters. The second kappa shape index (κ2) is 22.3. The Labute approximate surface area is 332 Å². The van der Waals surface area contributed by atoms with Crippen LogP contribution in [0.15, 0.2) is 94.7 Å². The van der Waals surface area contributed by atoms with Crippen LogP contribution >= 0.6 is 0 Å². The predicted octanol–water partition coefficient (Wildman–Crippen LogP) is 8.53. The molecule has 10 nitrogen and oxygen atoms in total. The van der Waals surface area contributed by atoms with E-state index < -0.39 is 41.5 Å². The summed E-state index contributed by atoms with van der Waals surface area (Å²) in [5.74, 6) is 0.401. The van der Waals surface area contributed by atoms with Gasteiger partial charge in [-0.1, -0.05) is 113 Å². The van der Waals surface area contributed by atoms with Crippen LogP contribution in [0, 0.1) is 0 Å². The van der Waals surface area contributed by atoms with Crippen LogP contribution in [0.4, 0.5) is 0 Å². The van der Waals surface area contributed by atoms with Crippen LogP contribution in [0.25, 0.3) is 0 Å². The Morgan fingerprint density at radius 2 is 1.02 bits per heavy atom. The van der Waals surface area contributed by atoms with Gasteiger partial charge in [-0.05, 0) is 73.2 Å². The van der Waals surface area contributed by atoms with Crippen molar-refractivity contribution >= 4 is 58.0 Å². The van der Waals surface area contributed by atoms with Gasteiger partial charge in [0, 0.05) is 6.07 Å².